The molecule has 0 aromatic heterocycles. The fourth-order valence-corrected chi connectivity index (χ4v) is 4.79. The predicted octanol–water partition coefficient (Wildman–Crippen LogP) is 7.55. The first kappa shape index (κ1) is 27.8. The average molecular weight is 587 g/mol. The first-order valence-corrected chi connectivity index (χ1v) is 13.1. The number of hydrogen-bond donors (Lipinski definition) is 1. The Morgan fingerprint density at radius 1 is 1.02 bits per heavy atom. The summed E-state index contributed by atoms with van der Waals surface area (Å²) in [5.74, 6) is -0.433. The van der Waals surface area contributed by atoms with E-state index in [2.05, 4.69) is 6.07 Å². The molecule has 0 saturated carbocycles. The quantitative estimate of drug-likeness (QED) is 0.136. The number of carbonyl (C=O) groups is 1. The molecule has 4 aromatic carbocycles. The summed E-state index contributed by atoms with van der Waals surface area (Å²) < 4.78 is 30.8. The summed E-state index contributed by atoms with van der Waals surface area (Å²) in [6.45, 7) is 0.0752. The molecule has 0 fully saturated rings. The molecule has 0 radical (unpaired) electrons. The maximum absolute atomic E-state index is 13.9. The number of hydrogen-bond acceptors (Lipinski definition) is 6. The predicted molar refractivity (Wildman–Crippen MR) is 154 cm³/mol. The van der Waals surface area contributed by atoms with Gasteiger partial charge < -0.3 is 19.9 Å². The van der Waals surface area contributed by atoms with Crippen LogP contribution in [0.1, 0.15) is 28.2 Å². The first-order valence-electron chi connectivity index (χ1n) is 12.3. The van der Waals surface area contributed by atoms with Gasteiger partial charge in [-0.25, -0.2) is 9.18 Å². The number of nitrogens with zero attached hydrogens (tertiary/aromatic N) is 1. The van der Waals surface area contributed by atoms with E-state index in [0.29, 0.717) is 38.2 Å². The Morgan fingerprint density at radius 2 is 1.78 bits per heavy atom. The van der Waals surface area contributed by atoms with Crippen molar-refractivity contribution in [3.63, 3.8) is 0 Å². The van der Waals surface area contributed by atoms with Crippen molar-refractivity contribution < 1.29 is 23.4 Å². The number of ether oxygens (including phenoxy) is 3. The van der Waals surface area contributed by atoms with Gasteiger partial charge in [0.25, 0.3) is 0 Å². The molecule has 0 bridgehead atoms. The van der Waals surface area contributed by atoms with Gasteiger partial charge in [0, 0.05) is 33.3 Å². The average Bonchev–Trinajstić information content (AvgIpc) is 2.96. The molecule has 41 heavy (non-hydrogen) atoms. The van der Waals surface area contributed by atoms with E-state index in [1.54, 1.807) is 60.7 Å². The molecule has 1 atom stereocenters. The highest BCUT2D eigenvalue weighted by atomic mass is 35.5. The zero-order valence-electron chi connectivity index (χ0n) is 21.3. The molecule has 5 rings (SSSR count). The number of benzene rings is 4. The van der Waals surface area contributed by atoms with E-state index in [0.717, 1.165) is 5.56 Å². The third-order valence-corrected chi connectivity index (χ3v) is 6.90. The van der Waals surface area contributed by atoms with Crippen LogP contribution in [0.5, 0.6) is 17.2 Å². The Bertz CT molecular complexity index is 1730. The van der Waals surface area contributed by atoms with Gasteiger partial charge in [-0.15, -0.1) is 0 Å². The van der Waals surface area contributed by atoms with Crippen LogP contribution in [0.2, 0.25) is 10.0 Å². The SMILES string of the molecule is N#CC1=C(N)Oc2cc(OC(=O)/C=C/c3ccc(Cl)cc3Cl)ccc2C1c1ccc(OCc2ccccc2F)cc1. The van der Waals surface area contributed by atoms with Crippen LogP contribution in [0, 0.1) is 17.1 Å². The number of halogens is 3. The molecule has 204 valence electrons. The number of esters is 1. The molecule has 0 amide bonds. The van der Waals surface area contributed by atoms with E-state index in [4.69, 9.17) is 43.1 Å². The molecule has 1 aliphatic rings. The lowest BCUT2D eigenvalue weighted by Crippen LogP contribution is -2.21. The van der Waals surface area contributed by atoms with Gasteiger partial charge in [-0.2, -0.15) is 5.26 Å². The normalized spacial score (nSPS) is 14.2. The van der Waals surface area contributed by atoms with Crippen molar-refractivity contribution in [3.8, 4) is 23.3 Å². The maximum Gasteiger partial charge on any atom is 0.336 e. The third-order valence-electron chi connectivity index (χ3n) is 6.34. The highest BCUT2D eigenvalue weighted by Gasteiger charge is 2.31. The molecule has 9 heteroatoms. The number of nitriles is 1. The van der Waals surface area contributed by atoms with Crippen LogP contribution < -0.4 is 19.9 Å². The van der Waals surface area contributed by atoms with Crippen molar-refractivity contribution in [2.75, 3.05) is 0 Å². The molecule has 0 spiro atoms. The van der Waals surface area contributed by atoms with Gasteiger partial charge in [-0.1, -0.05) is 65.7 Å². The van der Waals surface area contributed by atoms with E-state index in [1.807, 2.05) is 12.1 Å². The van der Waals surface area contributed by atoms with Crippen molar-refractivity contribution in [1.29, 1.82) is 5.26 Å². The molecule has 0 saturated heterocycles. The topological polar surface area (TPSA) is 94.6 Å². The first-order chi connectivity index (χ1) is 19.8. The number of carbonyl (C=O) groups excluding carboxylic acids is 1. The summed E-state index contributed by atoms with van der Waals surface area (Å²) in [7, 11) is 0. The molecular formula is C32H21Cl2FN2O4. The summed E-state index contributed by atoms with van der Waals surface area (Å²) in [5, 5.41) is 10.7. The molecule has 1 unspecified atom stereocenters. The van der Waals surface area contributed by atoms with Crippen LogP contribution in [-0.4, -0.2) is 5.97 Å². The summed E-state index contributed by atoms with van der Waals surface area (Å²) >= 11 is 12.1. The van der Waals surface area contributed by atoms with Crippen molar-refractivity contribution in [1.82, 2.24) is 0 Å². The zero-order chi connectivity index (χ0) is 28.9. The van der Waals surface area contributed by atoms with Gasteiger partial charge in [0.15, 0.2) is 0 Å². The monoisotopic (exact) mass is 586 g/mol. The maximum atomic E-state index is 13.9. The van der Waals surface area contributed by atoms with Crippen molar-refractivity contribution >= 4 is 35.2 Å². The summed E-state index contributed by atoms with van der Waals surface area (Å²) in [4.78, 5) is 12.4. The number of fused-ring (bicyclic) bond motifs is 1. The Hall–Kier alpha value is -4.77. The van der Waals surface area contributed by atoms with Gasteiger partial charge >= 0.3 is 5.97 Å². The second kappa shape index (κ2) is 12.2. The van der Waals surface area contributed by atoms with Crippen molar-refractivity contribution in [2.45, 2.75) is 12.5 Å². The Labute approximate surface area is 245 Å². The van der Waals surface area contributed by atoms with Crippen LogP contribution in [0.3, 0.4) is 0 Å². The number of rotatable bonds is 7. The highest BCUT2D eigenvalue weighted by Crippen LogP contribution is 2.43. The van der Waals surface area contributed by atoms with Crippen LogP contribution in [0.4, 0.5) is 4.39 Å². The van der Waals surface area contributed by atoms with E-state index >= 15 is 0 Å². The van der Waals surface area contributed by atoms with E-state index < -0.39 is 11.9 Å². The van der Waals surface area contributed by atoms with Gasteiger partial charge in [-0.05, 0) is 53.6 Å². The fourth-order valence-electron chi connectivity index (χ4n) is 4.32. The van der Waals surface area contributed by atoms with E-state index in [-0.39, 0.29) is 29.6 Å². The number of nitrogens with two attached hydrogens (primary N) is 1. The van der Waals surface area contributed by atoms with Crippen LogP contribution in [-0.2, 0) is 11.4 Å². The highest BCUT2D eigenvalue weighted by molar-refractivity contribution is 6.35. The summed E-state index contributed by atoms with van der Waals surface area (Å²) in [5.41, 5.74) is 8.83. The molecule has 1 aliphatic heterocycles. The largest absolute Gasteiger partial charge is 0.489 e. The van der Waals surface area contributed by atoms with Crippen LogP contribution in [0.25, 0.3) is 6.08 Å². The molecule has 2 N–H and O–H groups in total. The minimum Gasteiger partial charge on any atom is -0.489 e. The summed E-state index contributed by atoms with van der Waals surface area (Å²) in [6.07, 6.45) is 2.77. The standard InChI is InChI=1S/C32H21Cl2FN2O4/c33-22-9-5-19(27(34)15-22)8-14-30(38)40-24-12-13-25-29(16-24)41-32(37)26(17-36)31(25)20-6-10-23(11-7-20)39-18-21-3-1-2-4-28(21)35/h1-16,31H,18,37H2/b14-8+. The van der Waals surface area contributed by atoms with Crippen molar-refractivity contribution in [3.05, 3.63) is 141 Å². The van der Waals surface area contributed by atoms with Crippen LogP contribution in [0.15, 0.2) is 102 Å². The molecule has 6 nitrogen and oxygen atoms in total. The number of allylic oxidation sites excluding steroid dienone is 1. The Balaban J connectivity index is 1.34. The second-order valence-corrected chi connectivity index (χ2v) is 9.84. The van der Waals surface area contributed by atoms with E-state index in [1.165, 1.54) is 24.3 Å². The van der Waals surface area contributed by atoms with Gasteiger partial charge in [0.2, 0.25) is 5.88 Å². The second-order valence-electron chi connectivity index (χ2n) is 8.99. The Morgan fingerprint density at radius 3 is 2.51 bits per heavy atom. The van der Waals surface area contributed by atoms with Crippen LogP contribution >= 0.6 is 23.2 Å². The zero-order valence-corrected chi connectivity index (χ0v) is 22.8. The molecular weight excluding hydrogens is 566 g/mol. The molecule has 0 aliphatic carbocycles. The lowest BCUT2D eigenvalue weighted by atomic mass is 9.83. The van der Waals surface area contributed by atoms with E-state index in [9.17, 15) is 14.4 Å². The molecule has 4 aromatic rings. The fraction of sp³-hybridized carbons (Fsp3) is 0.0625. The lowest BCUT2D eigenvalue weighted by molar-refractivity contribution is -0.128. The van der Waals surface area contributed by atoms with Gasteiger partial charge in [-0.3, -0.25) is 0 Å². The summed E-state index contributed by atoms with van der Waals surface area (Å²) in [6, 6.07) is 25.4. The minimum absolute atomic E-state index is 0.0503. The third kappa shape index (κ3) is 6.36. The lowest BCUT2D eigenvalue weighted by Gasteiger charge is -2.26. The molecule has 1 heterocycles. The van der Waals surface area contributed by atoms with Gasteiger partial charge in [0.05, 0.1) is 5.92 Å². The minimum atomic E-state index is -0.629. The van der Waals surface area contributed by atoms with Gasteiger partial charge in [0.1, 0.15) is 41.3 Å². The van der Waals surface area contributed by atoms with Crippen molar-refractivity contribution in [2.24, 2.45) is 5.73 Å². The Kier molecular flexibility index (Phi) is 8.25. The smallest absolute Gasteiger partial charge is 0.336 e.